The van der Waals surface area contributed by atoms with E-state index in [1.165, 1.54) is 27.7 Å². The van der Waals surface area contributed by atoms with Crippen molar-refractivity contribution in [1.29, 1.82) is 0 Å². The lowest BCUT2D eigenvalue weighted by molar-refractivity contribution is -0.142. The van der Waals surface area contributed by atoms with Crippen molar-refractivity contribution in [1.82, 2.24) is 9.88 Å². The van der Waals surface area contributed by atoms with Crippen LogP contribution in [0.5, 0.6) is 0 Å². The molecule has 5 heteroatoms. The average molecular weight is 390 g/mol. The quantitative estimate of drug-likeness (QED) is 0.654. The molecule has 2 aliphatic rings. The van der Waals surface area contributed by atoms with Crippen LogP contribution in [0.2, 0.25) is 0 Å². The van der Waals surface area contributed by atoms with Crippen molar-refractivity contribution in [3.63, 3.8) is 0 Å². The number of aliphatic hydroxyl groups is 1. The number of esters is 1. The Kier molecular flexibility index (Phi) is 4.86. The molecule has 3 heterocycles. The highest BCUT2D eigenvalue weighted by molar-refractivity contribution is 5.85. The number of aliphatic hydroxyl groups excluding tert-OH is 1. The Morgan fingerprint density at radius 2 is 1.90 bits per heavy atom. The Bertz CT molecular complexity index is 1010. The van der Waals surface area contributed by atoms with E-state index in [4.69, 9.17) is 4.74 Å². The molecule has 0 amide bonds. The first-order chi connectivity index (χ1) is 14.2. The first kappa shape index (κ1) is 18.4. The molecule has 3 atom stereocenters. The zero-order valence-corrected chi connectivity index (χ0v) is 16.4. The number of rotatable bonds is 5. The van der Waals surface area contributed by atoms with E-state index < -0.39 is 6.10 Å². The standard InChI is InChI=1S/C24H26N2O3/c27-15-22-17(13-23(28)29-22)12-21-24-19(18-8-4-5-9-20(18)25-24)10-11-26(21)14-16-6-2-1-3-7-16/h1-9,17,21-22,25,27H,10-15H2/t17-,21+,22-/m1/s1. The molecule has 0 bridgehead atoms. The van der Waals surface area contributed by atoms with Crippen LogP contribution in [0.25, 0.3) is 10.9 Å². The van der Waals surface area contributed by atoms with Gasteiger partial charge in [0.25, 0.3) is 0 Å². The Balaban J connectivity index is 1.51. The first-order valence-electron chi connectivity index (χ1n) is 10.4. The number of ether oxygens (including phenoxy) is 1. The third-order valence-corrected chi connectivity index (χ3v) is 6.44. The maximum atomic E-state index is 11.9. The number of cyclic esters (lactones) is 1. The molecule has 5 nitrogen and oxygen atoms in total. The number of para-hydroxylation sites is 1. The summed E-state index contributed by atoms with van der Waals surface area (Å²) in [5.74, 6) is -0.163. The number of carbonyl (C=O) groups excluding carboxylic acids is 1. The van der Waals surface area contributed by atoms with E-state index in [1.807, 2.05) is 6.07 Å². The van der Waals surface area contributed by atoms with Gasteiger partial charge in [0.2, 0.25) is 0 Å². The van der Waals surface area contributed by atoms with Crippen LogP contribution in [0, 0.1) is 5.92 Å². The second kappa shape index (κ2) is 7.65. The van der Waals surface area contributed by atoms with Crippen LogP contribution in [0.4, 0.5) is 0 Å². The molecular weight excluding hydrogens is 364 g/mol. The summed E-state index contributed by atoms with van der Waals surface area (Å²) in [6.07, 6.45) is 1.79. The molecule has 0 unspecified atom stereocenters. The molecule has 2 aromatic carbocycles. The fourth-order valence-corrected chi connectivity index (χ4v) is 5.01. The van der Waals surface area contributed by atoms with E-state index in [2.05, 4.69) is 58.4 Å². The zero-order chi connectivity index (χ0) is 19.8. The fourth-order valence-electron chi connectivity index (χ4n) is 5.01. The SMILES string of the molecule is O=C1C[C@@H](C[C@H]2c3[nH]c4ccccc4c3CCN2Cc2ccccc2)[C@@H](CO)O1. The topological polar surface area (TPSA) is 65.6 Å². The third-order valence-electron chi connectivity index (χ3n) is 6.44. The van der Waals surface area contributed by atoms with Gasteiger partial charge in [-0.25, -0.2) is 0 Å². The number of H-pyrrole nitrogens is 1. The third kappa shape index (κ3) is 3.45. The monoisotopic (exact) mass is 390 g/mol. The second-order valence-corrected chi connectivity index (χ2v) is 8.20. The first-order valence-corrected chi connectivity index (χ1v) is 10.4. The minimum Gasteiger partial charge on any atom is -0.460 e. The Labute approximate surface area is 170 Å². The summed E-state index contributed by atoms with van der Waals surface area (Å²) in [4.78, 5) is 18.0. The number of hydrogen-bond donors (Lipinski definition) is 2. The molecule has 0 radical (unpaired) electrons. The molecule has 0 aliphatic carbocycles. The molecule has 1 aromatic heterocycles. The van der Waals surface area contributed by atoms with Crippen molar-refractivity contribution in [2.75, 3.05) is 13.2 Å². The molecule has 29 heavy (non-hydrogen) atoms. The van der Waals surface area contributed by atoms with Crippen LogP contribution in [0.1, 0.15) is 35.7 Å². The molecule has 0 saturated carbocycles. The molecule has 150 valence electrons. The number of benzene rings is 2. The van der Waals surface area contributed by atoms with Crippen LogP contribution < -0.4 is 0 Å². The molecular formula is C24H26N2O3. The highest BCUT2D eigenvalue weighted by Gasteiger charge is 2.39. The molecule has 3 aromatic rings. The van der Waals surface area contributed by atoms with Gasteiger partial charge in [0.15, 0.2) is 0 Å². The van der Waals surface area contributed by atoms with E-state index in [9.17, 15) is 9.90 Å². The van der Waals surface area contributed by atoms with E-state index in [0.717, 1.165) is 25.9 Å². The number of hydrogen-bond acceptors (Lipinski definition) is 4. The predicted molar refractivity (Wildman–Crippen MR) is 111 cm³/mol. The molecule has 2 N–H and O–H groups in total. The van der Waals surface area contributed by atoms with Crippen LogP contribution in [0.3, 0.4) is 0 Å². The minimum atomic E-state index is -0.393. The summed E-state index contributed by atoms with van der Waals surface area (Å²) >= 11 is 0. The second-order valence-electron chi connectivity index (χ2n) is 8.20. The van der Waals surface area contributed by atoms with Gasteiger partial charge in [-0.05, 0) is 30.0 Å². The summed E-state index contributed by atoms with van der Waals surface area (Å²) in [6, 6.07) is 19.2. The molecule has 0 spiro atoms. The van der Waals surface area contributed by atoms with Crippen molar-refractivity contribution in [2.45, 2.75) is 38.0 Å². The van der Waals surface area contributed by atoms with Crippen LogP contribution in [0.15, 0.2) is 54.6 Å². The maximum Gasteiger partial charge on any atom is 0.306 e. The van der Waals surface area contributed by atoms with Gasteiger partial charge in [-0.1, -0.05) is 48.5 Å². The minimum absolute atomic E-state index is 0.0353. The van der Waals surface area contributed by atoms with Crippen molar-refractivity contribution >= 4 is 16.9 Å². The maximum absolute atomic E-state index is 11.9. The van der Waals surface area contributed by atoms with Crippen molar-refractivity contribution in [3.8, 4) is 0 Å². The van der Waals surface area contributed by atoms with Crippen molar-refractivity contribution < 1.29 is 14.6 Å². The summed E-state index contributed by atoms with van der Waals surface area (Å²) in [5.41, 5.74) is 5.10. The zero-order valence-electron chi connectivity index (χ0n) is 16.4. The number of carbonyl (C=O) groups is 1. The molecule has 2 aliphatic heterocycles. The lowest BCUT2D eigenvalue weighted by atomic mass is 9.87. The Morgan fingerprint density at radius 3 is 2.72 bits per heavy atom. The Morgan fingerprint density at radius 1 is 1.10 bits per heavy atom. The van der Waals surface area contributed by atoms with Gasteiger partial charge in [-0.15, -0.1) is 0 Å². The average Bonchev–Trinajstić information content (AvgIpc) is 3.30. The summed E-state index contributed by atoms with van der Waals surface area (Å²) < 4.78 is 5.35. The molecule has 5 rings (SSSR count). The van der Waals surface area contributed by atoms with E-state index >= 15 is 0 Å². The van der Waals surface area contributed by atoms with E-state index in [-0.39, 0.29) is 24.5 Å². The molecule has 1 fully saturated rings. The van der Waals surface area contributed by atoms with Crippen LogP contribution in [-0.4, -0.2) is 40.2 Å². The summed E-state index contributed by atoms with van der Waals surface area (Å²) in [7, 11) is 0. The Hall–Kier alpha value is -2.63. The van der Waals surface area contributed by atoms with Gasteiger partial charge >= 0.3 is 5.97 Å². The van der Waals surface area contributed by atoms with Gasteiger partial charge < -0.3 is 14.8 Å². The lowest BCUT2D eigenvalue weighted by Gasteiger charge is -2.37. The van der Waals surface area contributed by atoms with Gasteiger partial charge in [0.1, 0.15) is 6.10 Å². The number of aromatic nitrogens is 1. The number of aromatic amines is 1. The van der Waals surface area contributed by atoms with Gasteiger partial charge in [-0.2, -0.15) is 0 Å². The fraction of sp³-hybridized carbons (Fsp3) is 0.375. The molecule has 1 saturated heterocycles. The lowest BCUT2D eigenvalue weighted by Crippen LogP contribution is -2.37. The number of nitrogens with zero attached hydrogens (tertiary/aromatic N) is 1. The number of fused-ring (bicyclic) bond motifs is 3. The normalized spacial score (nSPS) is 24.6. The highest BCUT2D eigenvalue weighted by atomic mass is 16.6. The van der Waals surface area contributed by atoms with Crippen molar-refractivity contribution in [2.24, 2.45) is 5.92 Å². The summed E-state index contributed by atoms with van der Waals surface area (Å²) in [5, 5.41) is 11.0. The van der Waals surface area contributed by atoms with Gasteiger partial charge in [0, 0.05) is 35.6 Å². The number of nitrogens with one attached hydrogen (secondary N) is 1. The van der Waals surface area contributed by atoms with Gasteiger partial charge in [0.05, 0.1) is 19.1 Å². The highest BCUT2D eigenvalue weighted by Crippen LogP contribution is 2.41. The van der Waals surface area contributed by atoms with Crippen LogP contribution >= 0.6 is 0 Å². The van der Waals surface area contributed by atoms with Crippen molar-refractivity contribution in [3.05, 3.63) is 71.4 Å². The van der Waals surface area contributed by atoms with E-state index in [1.54, 1.807) is 0 Å². The van der Waals surface area contributed by atoms with Crippen LogP contribution in [-0.2, 0) is 22.5 Å². The van der Waals surface area contributed by atoms with E-state index in [0.29, 0.717) is 6.42 Å². The summed E-state index contributed by atoms with van der Waals surface area (Å²) in [6.45, 7) is 1.73. The largest absolute Gasteiger partial charge is 0.460 e. The smallest absolute Gasteiger partial charge is 0.306 e. The predicted octanol–water partition coefficient (Wildman–Crippen LogP) is 3.58. The van der Waals surface area contributed by atoms with Gasteiger partial charge in [-0.3, -0.25) is 9.69 Å².